The normalized spacial score (nSPS) is 12.9. The minimum atomic E-state index is 0.649. The van der Waals surface area contributed by atoms with Gasteiger partial charge in [0.05, 0.1) is 6.54 Å². The molecule has 11 heavy (non-hydrogen) atoms. The summed E-state index contributed by atoms with van der Waals surface area (Å²) in [6.45, 7) is 3.21. The fourth-order valence-electron chi connectivity index (χ4n) is 1.33. The fraction of sp³-hybridized carbons (Fsp3) is 0.400. The lowest BCUT2D eigenvalue weighted by atomic mass is 9.97. The zero-order chi connectivity index (χ0) is 8.10. The van der Waals surface area contributed by atoms with E-state index >= 15 is 0 Å². The molecule has 0 saturated heterocycles. The topological polar surface area (TPSA) is 27.6 Å². The summed E-state index contributed by atoms with van der Waals surface area (Å²) < 4.78 is 0. The molecule has 0 fully saturated rings. The van der Waals surface area contributed by atoms with Gasteiger partial charge in [0.15, 0.2) is 0 Å². The molecule has 1 heteroatoms. The average molecular weight is 150 g/mol. The Morgan fingerprint density at radius 2 is 1.91 bits per heavy atom. The maximum Gasteiger partial charge on any atom is 0.0809 e. The summed E-state index contributed by atoms with van der Waals surface area (Å²) in [6, 6.07) is 10.6. The molecule has 0 aromatic heterocycles. The summed E-state index contributed by atoms with van der Waals surface area (Å²) in [5.74, 6) is 0.649. The lowest BCUT2D eigenvalue weighted by molar-refractivity contribution is -0.372. The molecular formula is C10H16N+. The lowest BCUT2D eigenvalue weighted by Gasteiger charge is -2.09. The van der Waals surface area contributed by atoms with Crippen LogP contribution in [0.5, 0.6) is 0 Å². The van der Waals surface area contributed by atoms with Crippen LogP contribution < -0.4 is 5.73 Å². The summed E-state index contributed by atoms with van der Waals surface area (Å²) in [5.41, 5.74) is 5.35. The lowest BCUT2D eigenvalue weighted by Crippen LogP contribution is -2.52. The van der Waals surface area contributed by atoms with Crippen LogP contribution in [-0.2, 0) is 0 Å². The van der Waals surface area contributed by atoms with Gasteiger partial charge in [0.25, 0.3) is 0 Å². The van der Waals surface area contributed by atoms with E-state index in [1.54, 1.807) is 0 Å². The monoisotopic (exact) mass is 150 g/mol. The highest BCUT2D eigenvalue weighted by molar-refractivity contribution is 5.19. The summed E-state index contributed by atoms with van der Waals surface area (Å²) in [4.78, 5) is 0. The molecule has 0 spiro atoms. The van der Waals surface area contributed by atoms with Gasteiger partial charge >= 0.3 is 0 Å². The highest BCUT2D eigenvalue weighted by atomic mass is 14.5. The molecule has 0 amide bonds. The first kappa shape index (κ1) is 8.28. The Morgan fingerprint density at radius 1 is 1.27 bits per heavy atom. The van der Waals surface area contributed by atoms with Crippen LogP contribution in [0.1, 0.15) is 24.8 Å². The third-order valence-electron chi connectivity index (χ3n) is 2.11. The molecule has 1 aromatic rings. The molecule has 0 bridgehead atoms. The van der Waals surface area contributed by atoms with Crippen molar-refractivity contribution >= 4 is 0 Å². The van der Waals surface area contributed by atoms with Crippen molar-refractivity contribution in [1.29, 1.82) is 0 Å². The quantitative estimate of drug-likeness (QED) is 0.675. The Hall–Kier alpha value is -0.820. The minimum absolute atomic E-state index is 0.649. The first-order valence-electron chi connectivity index (χ1n) is 4.22. The number of hydrogen-bond donors (Lipinski definition) is 1. The van der Waals surface area contributed by atoms with Gasteiger partial charge in [-0.25, -0.2) is 0 Å². The molecule has 0 unspecified atom stereocenters. The van der Waals surface area contributed by atoms with Gasteiger partial charge in [0.1, 0.15) is 0 Å². The van der Waals surface area contributed by atoms with Crippen molar-refractivity contribution in [3.8, 4) is 0 Å². The van der Waals surface area contributed by atoms with Crippen molar-refractivity contribution < 1.29 is 5.73 Å². The van der Waals surface area contributed by atoms with Gasteiger partial charge in [-0.3, -0.25) is 0 Å². The van der Waals surface area contributed by atoms with Crippen molar-refractivity contribution in [2.24, 2.45) is 0 Å². The fourth-order valence-corrected chi connectivity index (χ4v) is 1.33. The molecular weight excluding hydrogens is 134 g/mol. The van der Waals surface area contributed by atoms with Gasteiger partial charge in [0.2, 0.25) is 0 Å². The number of quaternary nitrogens is 1. The first-order valence-corrected chi connectivity index (χ1v) is 4.22. The standard InChI is InChI=1S/C10H15N/c1-2-9(8-11)10-6-4-3-5-7-10/h3-7,9H,2,8,11H2,1H3/p+1/t9-/m1/s1. The third-order valence-corrected chi connectivity index (χ3v) is 2.11. The van der Waals surface area contributed by atoms with Gasteiger partial charge in [-0.05, 0) is 12.0 Å². The highest BCUT2D eigenvalue weighted by Gasteiger charge is 2.06. The third kappa shape index (κ3) is 2.05. The van der Waals surface area contributed by atoms with E-state index in [1.165, 1.54) is 12.0 Å². The molecule has 0 saturated carbocycles. The Morgan fingerprint density at radius 3 is 2.36 bits per heavy atom. The second kappa shape index (κ2) is 4.14. The zero-order valence-corrected chi connectivity index (χ0v) is 7.09. The Balaban J connectivity index is 2.74. The molecule has 0 aliphatic heterocycles. The summed E-state index contributed by atoms with van der Waals surface area (Å²) >= 11 is 0. The number of benzene rings is 1. The summed E-state index contributed by atoms with van der Waals surface area (Å²) in [5, 5.41) is 0. The van der Waals surface area contributed by atoms with E-state index < -0.39 is 0 Å². The molecule has 1 atom stereocenters. The summed E-state index contributed by atoms with van der Waals surface area (Å²) in [7, 11) is 0. The predicted molar refractivity (Wildman–Crippen MR) is 47.2 cm³/mol. The maximum absolute atomic E-state index is 3.93. The molecule has 0 radical (unpaired) electrons. The van der Waals surface area contributed by atoms with Gasteiger partial charge in [-0.2, -0.15) is 0 Å². The van der Waals surface area contributed by atoms with Crippen molar-refractivity contribution in [1.82, 2.24) is 0 Å². The average Bonchev–Trinajstić information content (AvgIpc) is 2.09. The molecule has 0 aliphatic rings. The van der Waals surface area contributed by atoms with E-state index in [0.29, 0.717) is 5.92 Å². The van der Waals surface area contributed by atoms with Crippen LogP contribution in [0, 0.1) is 0 Å². The Kier molecular flexibility index (Phi) is 3.12. The van der Waals surface area contributed by atoms with Crippen LogP contribution in [0.4, 0.5) is 0 Å². The molecule has 1 nitrogen and oxygen atoms in total. The maximum atomic E-state index is 3.93. The molecule has 60 valence electrons. The Bertz CT molecular complexity index is 189. The predicted octanol–water partition coefficient (Wildman–Crippen LogP) is 1.42. The van der Waals surface area contributed by atoms with E-state index in [9.17, 15) is 0 Å². The van der Waals surface area contributed by atoms with Crippen molar-refractivity contribution in [2.75, 3.05) is 6.54 Å². The van der Waals surface area contributed by atoms with Crippen LogP contribution in [0.2, 0.25) is 0 Å². The number of hydrogen-bond acceptors (Lipinski definition) is 0. The van der Waals surface area contributed by atoms with Crippen LogP contribution >= 0.6 is 0 Å². The second-order valence-corrected chi connectivity index (χ2v) is 2.80. The van der Waals surface area contributed by atoms with Gasteiger partial charge < -0.3 is 5.73 Å². The highest BCUT2D eigenvalue weighted by Crippen LogP contribution is 2.16. The van der Waals surface area contributed by atoms with E-state index in [1.807, 2.05) is 0 Å². The summed E-state index contributed by atoms with van der Waals surface area (Å²) in [6.07, 6.45) is 1.19. The van der Waals surface area contributed by atoms with Crippen LogP contribution in [0.25, 0.3) is 0 Å². The molecule has 1 aromatic carbocycles. The molecule has 0 aliphatic carbocycles. The zero-order valence-electron chi connectivity index (χ0n) is 7.09. The van der Waals surface area contributed by atoms with Gasteiger partial charge in [-0.1, -0.05) is 37.3 Å². The van der Waals surface area contributed by atoms with E-state index in [2.05, 4.69) is 43.0 Å². The Labute approximate surface area is 68.2 Å². The van der Waals surface area contributed by atoms with Crippen molar-refractivity contribution in [3.05, 3.63) is 35.9 Å². The SMILES string of the molecule is CC[C@H](C[NH3+])c1ccccc1. The molecule has 1 rings (SSSR count). The smallest absolute Gasteiger partial charge is 0.0809 e. The van der Waals surface area contributed by atoms with E-state index in [0.717, 1.165) is 6.54 Å². The molecule has 0 heterocycles. The first-order chi connectivity index (χ1) is 5.38. The molecule has 3 N–H and O–H groups in total. The minimum Gasteiger partial charge on any atom is -0.357 e. The van der Waals surface area contributed by atoms with Crippen LogP contribution in [0.15, 0.2) is 30.3 Å². The van der Waals surface area contributed by atoms with E-state index in [-0.39, 0.29) is 0 Å². The van der Waals surface area contributed by atoms with E-state index in [4.69, 9.17) is 0 Å². The van der Waals surface area contributed by atoms with Gasteiger partial charge in [-0.15, -0.1) is 0 Å². The van der Waals surface area contributed by atoms with Crippen LogP contribution in [0.3, 0.4) is 0 Å². The largest absolute Gasteiger partial charge is 0.357 e. The second-order valence-electron chi connectivity index (χ2n) is 2.80. The van der Waals surface area contributed by atoms with Crippen LogP contribution in [-0.4, -0.2) is 6.54 Å². The van der Waals surface area contributed by atoms with Crippen molar-refractivity contribution in [3.63, 3.8) is 0 Å². The van der Waals surface area contributed by atoms with Gasteiger partial charge in [0, 0.05) is 5.92 Å². The number of rotatable bonds is 3. The van der Waals surface area contributed by atoms with Crippen molar-refractivity contribution in [2.45, 2.75) is 19.3 Å².